The second-order valence-electron chi connectivity index (χ2n) is 5.39. The highest BCUT2D eigenvalue weighted by Crippen LogP contribution is 2.17. The van der Waals surface area contributed by atoms with E-state index in [4.69, 9.17) is 4.74 Å². The van der Waals surface area contributed by atoms with Gasteiger partial charge in [0.05, 0.1) is 6.61 Å². The first-order valence-electron chi connectivity index (χ1n) is 7.57. The fraction of sp³-hybridized carbons (Fsp3) is 1.00. The average molecular weight is 259 g/mol. The van der Waals surface area contributed by atoms with E-state index >= 15 is 0 Å². The molecular weight excluding hydrogens is 226 g/mol. The molecule has 0 heterocycles. The number of nitrogens with one attached hydrogen (secondary N) is 1. The first-order chi connectivity index (χ1) is 8.64. The Morgan fingerprint density at radius 3 is 2.50 bits per heavy atom. The zero-order valence-electron chi connectivity index (χ0n) is 12.8. The Morgan fingerprint density at radius 2 is 2.00 bits per heavy atom. The second-order valence-corrected chi connectivity index (χ2v) is 5.39. The van der Waals surface area contributed by atoms with E-state index < -0.39 is 0 Å². The van der Waals surface area contributed by atoms with Crippen molar-refractivity contribution in [1.29, 1.82) is 0 Å². The van der Waals surface area contributed by atoms with Crippen LogP contribution in [0, 0.1) is 5.92 Å². The molecule has 18 heavy (non-hydrogen) atoms. The molecule has 0 aromatic heterocycles. The van der Waals surface area contributed by atoms with Gasteiger partial charge >= 0.3 is 0 Å². The van der Waals surface area contributed by atoms with Crippen molar-refractivity contribution in [3.8, 4) is 0 Å². The van der Waals surface area contributed by atoms with Gasteiger partial charge in [-0.1, -0.05) is 34.1 Å². The van der Waals surface area contributed by atoms with Crippen molar-refractivity contribution in [2.24, 2.45) is 5.92 Å². The molecule has 0 aromatic carbocycles. The lowest BCUT2D eigenvalue weighted by Gasteiger charge is -2.31. The summed E-state index contributed by atoms with van der Waals surface area (Å²) in [5, 5.41) is 12.9. The van der Waals surface area contributed by atoms with Gasteiger partial charge in [-0.3, -0.25) is 0 Å². The number of aliphatic hydroxyl groups is 1. The van der Waals surface area contributed by atoms with E-state index in [0.29, 0.717) is 5.92 Å². The number of aliphatic hydroxyl groups excluding tert-OH is 1. The van der Waals surface area contributed by atoms with Gasteiger partial charge in [0.25, 0.3) is 0 Å². The first kappa shape index (κ1) is 17.9. The molecule has 0 aliphatic carbocycles. The molecule has 0 amide bonds. The number of ether oxygens (including phenoxy) is 1. The number of hydrogen-bond donors (Lipinski definition) is 2. The Kier molecular flexibility index (Phi) is 10.7. The van der Waals surface area contributed by atoms with Gasteiger partial charge in [-0.15, -0.1) is 0 Å². The summed E-state index contributed by atoms with van der Waals surface area (Å²) < 4.78 is 5.70. The highest BCUT2D eigenvalue weighted by Gasteiger charge is 2.25. The predicted molar refractivity (Wildman–Crippen MR) is 77.9 cm³/mol. The highest BCUT2D eigenvalue weighted by atomic mass is 16.5. The molecule has 0 rings (SSSR count). The van der Waals surface area contributed by atoms with E-state index in [9.17, 15) is 5.11 Å². The molecular formula is C15H33NO2. The van der Waals surface area contributed by atoms with E-state index in [1.54, 1.807) is 0 Å². The quantitative estimate of drug-likeness (QED) is 0.529. The van der Waals surface area contributed by atoms with E-state index in [-0.39, 0.29) is 12.1 Å². The molecule has 0 saturated carbocycles. The molecule has 110 valence electrons. The monoisotopic (exact) mass is 259 g/mol. The summed E-state index contributed by atoms with van der Waals surface area (Å²) in [4.78, 5) is 0. The Bertz CT molecular complexity index is 181. The fourth-order valence-corrected chi connectivity index (χ4v) is 2.39. The van der Waals surface area contributed by atoms with Crippen LogP contribution in [0.15, 0.2) is 0 Å². The minimum atomic E-state index is -0.104. The lowest BCUT2D eigenvalue weighted by atomic mass is 9.91. The van der Waals surface area contributed by atoms with Crippen LogP contribution in [0.1, 0.15) is 59.8 Å². The second kappa shape index (κ2) is 10.8. The maximum atomic E-state index is 9.52. The Balaban J connectivity index is 3.73. The maximum Gasteiger partial charge on any atom is 0.0613 e. The standard InChI is InChI=1S/C15H33NO2/c1-5-9-14(4)12-18-11-8-10-15(6-2,13-17)16-7-3/h14,16-17H,5-13H2,1-4H3. The average Bonchev–Trinajstić information content (AvgIpc) is 2.37. The largest absolute Gasteiger partial charge is 0.394 e. The molecule has 0 aliphatic rings. The van der Waals surface area contributed by atoms with Crippen molar-refractivity contribution in [2.45, 2.75) is 65.3 Å². The summed E-state index contributed by atoms with van der Waals surface area (Å²) in [7, 11) is 0. The molecule has 2 N–H and O–H groups in total. The third kappa shape index (κ3) is 7.34. The molecule has 0 aromatic rings. The third-order valence-electron chi connectivity index (χ3n) is 3.66. The minimum absolute atomic E-state index is 0.104. The summed E-state index contributed by atoms with van der Waals surface area (Å²) in [6.45, 7) is 11.5. The van der Waals surface area contributed by atoms with Crippen molar-refractivity contribution in [1.82, 2.24) is 5.32 Å². The maximum absolute atomic E-state index is 9.52. The smallest absolute Gasteiger partial charge is 0.0613 e. The van der Waals surface area contributed by atoms with Crippen molar-refractivity contribution in [3.05, 3.63) is 0 Å². The van der Waals surface area contributed by atoms with E-state index in [1.807, 2.05) is 0 Å². The van der Waals surface area contributed by atoms with Crippen LogP contribution in [0.5, 0.6) is 0 Å². The predicted octanol–water partition coefficient (Wildman–Crippen LogP) is 2.97. The summed E-state index contributed by atoms with van der Waals surface area (Å²) in [5.74, 6) is 0.664. The number of hydrogen-bond acceptors (Lipinski definition) is 3. The van der Waals surface area contributed by atoms with E-state index in [2.05, 4.69) is 33.0 Å². The first-order valence-corrected chi connectivity index (χ1v) is 7.57. The number of rotatable bonds is 12. The normalized spacial score (nSPS) is 16.5. The zero-order chi connectivity index (χ0) is 13.9. The topological polar surface area (TPSA) is 41.5 Å². The molecule has 2 atom stereocenters. The van der Waals surface area contributed by atoms with Gasteiger partial charge in [0, 0.05) is 18.8 Å². The molecule has 2 unspecified atom stereocenters. The van der Waals surface area contributed by atoms with Gasteiger partial charge in [0.15, 0.2) is 0 Å². The van der Waals surface area contributed by atoms with Crippen LogP contribution in [-0.2, 0) is 4.74 Å². The van der Waals surface area contributed by atoms with E-state index in [0.717, 1.165) is 39.0 Å². The van der Waals surface area contributed by atoms with Crippen molar-refractivity contribution in [2.75, 3.05) is 26.4 Å². The van der Waals surface area contributed by atoms with Gasteiger partial charge in [-0.2, -0.15) is 0 Å². The molecule has 0 spiro atoms. The molecule has 0 aliphatic heterocycles. The Labute approximate surface area is 113 Å². The lowest BCUT2D eigenvalue weighted by Crippen LogP contribution is -2.48. The van der Waals surface area contributed by atoms with Crippen LogP contribution < -0.4 is 5.32 Å². The van der Waals surface area contributed by atoms with Crippen LogP contribution in [0.3, 0.4) is 0 Å². The SMILES string of the molecule is CCCC(C)COCCCC(CC)(CO)NCC. The van der Waals surface area contributed by atoms with Crippen LogP contribution in [0.4, 0.5) is 0 Å². The van der Waals surface area contributed by atoms with Crippen molar-refractivity contribution >= 4 is 0 Å². The van der Waals surface area contributed by atoms with Crippen LogP contribution in [0.25, 0.3) is 0 Å². The van der Waals surface area contributed by atoms with E-state index in [1.165, 1.54) is 12.8 Å². The van der Waals surface area contributed by atoms with Gasteiger partial charge in [-0.25, -0.2) is 0 Å². The Hall–Kier alpha value is -0.120. The molecule has 0 bridgehead atoms. The van der Waals surface area contributed by atoms with Crippen LogP contribution >= 0.6 is 0 Å². The molecule has 0 radical (unpaired) electrons. The van der Waals surface area contributed by atoms with Gasteiger partial charge in [0.2, 0.25) is 0 Å². The summed E-state index contributed by atoms with van der Waals surface area (Å²) >= 11 is 0. The van der Waals surface area contributed by atoms with Crippen molar-refractivity contribution < 1.29 is 9.84 Å². The molecule has 0 saturated heterocycles. The zero-order valence-corrected chi connectivity index (χ0v) is 12.8. The van der Waals surface area contributed by atoms with Crippen LogP contribution in [0.2, 0.25) is 0 Å². The van der Waals surface area contributed by atoms with Gasteiger partial charge in [0.1, 0.15) is 0 Å². The molecule has 3 heteroatoms. The lowest BCUT2D eigenvalue weighted by molar-refractivity contribution is 0.0832. The summed E-state index contributed by atoms with van der Waals surface area (Å²) in [6, 6.07) is 0. The molecule has 3 nitrogen and oxygen atoms in total. The van der Waals surface area contributed by atoms with Gasteiger partial charge in [-0.05, 0) is 38.1 Å². The summed E-state index contributed by atoms with van der Waals surface area (Å²) in [5.41, 5.74) is -0.104. The Morgan fingerprint density at radius 1 is 1.28 bits per heavy atom. The van der Waals surface area contributed by atoms with Crippen molar-refractivity contribution in [3.63, 3.8) is 0 Å². The third-order valence-corrected chi connectivity index (χ3v) is 3.66. The summed E-state index contributed by atoms with van der Waals surface area (Å²) in [6.07, 6.45) is 5.43. The molecule has 0 fully saturated rings. The van der Waals surface area contributed by atoms with Crippen LogP contribution in [-0.4, -0.2) is 37.0 Å². The fourth-order valence-electron chi connectivity index (χ4n) is 2.39. The van der Waals surface area contributed by atoms with Gasteiger partial charge < -0.3 is 15.2 Å². The number of likely N-dealkylation sites (N-methyl/N-ethyl adjacent to an activating group) is 1. The highest BCUT2D eigenvalue weighted by molar-refractivity contribution is 4.85. The minimum Gasteiger partial charge on any atom is -0.394 e.